The third kappa shape index (κ3) is 7.63. The van der Waals surface area contributed by atoms with E-state index < -0.39 is 24.4 Å². The van der Waals surface area contributed by atoms with Crippen molar-refractivity contribution < 1.29 is 28.5 Å². The third-order valence-electron chi connectivity index (χ3n) is 6.99. The van der Waals surface area contributed by atoms with Crippen molar-refractivity contribution in [3.05, 3.63) is 84.8 Å². The van der Waals surface area contributed by atoms with Crippen LogP contribution in [0.25, 0.3) is 0 Å². The van der Waals surface area contributed by atoms with Gasteiger partial charge in [0.1, 0.15) is 11.1 Å². The van der Waals surface area contributed by atoms with Crippen LogP contribution in [0.5, 0.6) is 11.5 Å². The van der Waals surface area contributed by atoms with Crippen molar-refractivity contribution in [2.45, 2.75) is 65.8 Å². The van der Waals surface area contributed by atoms with E-state index in [1.807, 2.05) is 32.0 Å². The zero-order valence-corrected chi connectivity index (χ0v) is 28.0. The molecule has 3 rings (SSSR count). The van der Waals surface area contributed by atoms with Gasteiger partial charge in [0, 0.05) is 18.5 Å². The summed E-state index contributed by atoms with van der Waals surface area (Å²) in [6, 6.07) is 12.0. The number of anilines is 1. The van der Waals surface area contributed by atoms with E-state index in [0.29, 0.717) is 18.5 Å². The van der Waals surface area contributed by atoms with Crippen LogP contribution in [0.4, 0.5) is 5.69 Å². The first-order valence-corrected chi connectivity index (χ1v) is 15.4. The number of hydrogen-bond donors (Lipinski definition) is 0. The number of nitrogens with zero attached hydrogens (tertiary/aromatic N) is 1. The Morgan fingerprint density at radius 3 is 1.44 bits per heavy atom. The van der Waals surface area contributed by atoms with Crippen molar-refractivity contribution in [3.63, 3.8) is 0 Å². The number of aryl methyl sites for hydroxylation is 2. The van der Waals surface area contributed by atoms with Crippen LogP contribution in [0.3, 0.4) is 0 Å². The number of carbonyl (C=O) groups is 2. The van der Waals surface area contributed by atoms with Gasteiger partial charge in [0.25, 0.3) is 0 Å². The molecule has 11 heteroatoms. The molecular formula is C32H35Cl4NO6. The minimum Gasteiger partial charge on any atom is -0.494 e. The van der Waals surface area contributed by atoms with Crippen LogP contribution in [0.15, 0.2) is 42.5 Å². The van der Waals surface area contributed by atoms with Gasteiger partial charge in [-0.25, -0.2) is 9.59 Å². The maximum Gasteiger partial charge on any atom is 0.345 e. The standard InChI is InChI=1S/C32H35Cl4NO6/c1-7-18-11-12-20(17-19(18)8-2)37(25(9-3)42-31(38)27-21(33)13-15-23(35)29(27)40-5)26(10-4)43-32(39)28-22(34)14-16-24(36)30(28)41-6/h11-17,25-26H,7-10H2,1-6H3. The monoisotopic (exact) mass is 669 g/mol. The summed E-state index contributed by atoms with van der Waals surface area (Å²) in [6.45, 7) is 7.87. The van der Waals surface area contributed by atoms with Gasteiger partial charge in [-0.2, -0.15) is 0 Å². The summed E-state index contributed by atoms with van der Waals surface area (Å²) in [5.74, 6) is -1.30. The molecule has 0 radical (unpaired) electrons. The number of benzene rings is 3. The topological polar surface area (TPSA) is 74.3 Å². The maximum atomic E-state index is 13.6. The van der Waals surface area contributed by atoms with E-state index in [1.165, 1.54) is 44.0 Å². The molecule has 0 N–H and O–H groups in total. The Labute approximate surface area is 272 Å². The molecule has 0 saturated heterocycles. The van der Waals surface area contributed by atoms with E-state index >= 15 is 0 Å². The molecule has 0 aliphatic rings. The summed E-state index contributed by atoms with van der Waals surface area (Å²) in [5, 5.41) is 0.655. The molecule has 2 unspecified atom stereocenters. The van der Waals surface area contributed by atoms with Crippen LogP contribution < -0.4 is 14.4 Å². The van der Waals surface area contributed by atoms with Crippen molar-refractivity contribution in [1.82, 2.24) is 0 Å². The van der Waals surface area contributed by atoms with Crippen molar-refractivity contribution >= 4 is 64.0 Å². The third-order valence-corrected chi connectivity index (χ3v) is 8.21. The first kappa shape index (κ1) is 34.6. The number of esters is 2. The smallest absolute Gasteiger partial charge is 0.345 e. The van der Waals surface area contributed by atoms with Crippen molar-refractivity contribution in [1.29, 1.82) is 0 Å². The second-order valence-electron chi connectivity index (χ2n) is 9.48. The highest BCUT2D eigenvalue weighted by molar-refractivity contribution is 6.37. The van der Waals surface area contributed by atoms with Crippen molar-refractivity contribution in [3.8, 4) is 11.5 Å². The molecule has 0 bridgehead atoms. The zero-order valence-electron chi connectivity index (χ0n) is 24.9. The molecule has 7 nitrogen and oxygen atoms in total. The zero-order chi connectivity index (χ0) is 31.8. The van der Waals surface area contributed by atoms with Crippen molar-refractivity contribution in [2.24, 2.45) is 0 Å². The van der Waals surface area contributed by atoms with Crippen molar-refractivity contribution in [2.75, 3.05) is 19.1 Å². The molecule has 43 heavy (non-hydrogen) atoms. The number of halogens is 4. The highest BCUT2D eigenvalue weighted by Crippen LogP contribution is 2.37. The second kappa shape index (κ2) is 15.8. The van der Waals surface area contributed by atoms with Crippen LogP contribution >= 0.6 is 46.4 Å². The quantitative estimate of drug-likeness (QED) is 0.132. The van der Waals surface area contributed by atoms with Gasteiger partial charge in [-0.3, -0.25) is 0 Å². The van der Waals surface area contributed by atoms with Gasteiger partial charge in [-0.05, 0) is 60.4 Å². The average molecular weight is 671 g/mol. The first-order valence-electron chi connectivity index (χ1n) is 13.9. The molecule has 3 aromatic rings. The lowest BCUT2D eigenvalue weighted by atomic mass is 10.0. The Balaban J connectivity index is 2.12. The van der Waals surface area contributed by atoms with Gasteiger partial charge in [-0.1, -0.05) is 80.2 Å². The number of carbonyl (C=O) groups excluding carboxylic acids is 2. The molecule has 0 aliphatic heterocycles. The predicted molar refractivity (Wildman–Crippen MR) is 173 cm³/mol. The summed E-state index contributed by atoms with van der Waals surface area (Å²) in [4.78, 5) is 29.0. The Morgan fingerprint density at radius 2 is 1.07 bits per heavy atom. The van der Waals surface area contributed by atoms with Crippen LogP contribution in [0.1, 0.15) is 72.4 Å². The van der Waals surface area contributed by atoms with E-state index in [2.05, 4.69) is 13.8 Å². The Hall–Kier alpha value is -2.84. The summed E-state index contributed by atoms with van der Waals surface area (Å²) in [7, 11) is 2.78. The fourth-order valence-corrected chi connectivity index (χ4v) is 5.77. The molecule has 0 spiro atoms. The number of hydrogen-bond acceptors (Lipinski definition) is 7. The van der Waals surface area contributed by atoms with Gasteiger partial charge >= 0.3 is 11.9 Å². The molecule has 0 amide bonds. The van der Waals surface area contributed by atoms with Gasteiger partial charge in [-0.15, -0.1) is 0 Å². The fourth-order valence-electron chi connectivity index (χ4n) is 4.85. The van der Waals surface area contributed by atoms with E-state index in [9.17, 15) is 9.59 Å². The maximum absolute atomic E-state index is 13.6. The Kier molecular flexibility index (Phi) is 12.7. The largest absolute Gasteiger partial charge is 0.494 e. The average Bonchev–Trinajstić information content (AvgIpc) is 3.01. The highest BCUT2D eigenvalue weighted by Gasteiger charge is 2.34. The Morgan fingerprint density at radius 1 is 0.651 bits per heavy atom. The lowest BCUT2D eigenvalue weighted by Crippen LogP contribution is -2.47. The first-order chi connectivity index (χ1) is 20.6. The SMILES string of the molecule is CCc1ccc(N(C(CC)OC(=O)c2c(Cl)ccc(Cl)c2OC)C(CC)OC(=O)c2c(Cl)ccc(Cl)c2OC)cc1CC. The molecule has 0 heterocycles. The summed E-state index contributed by atoms with van der Waals surface area (Å²) >= 11 is 25.4. The second-order valence-corrected chi connectivity index (χ2v) is 11.1. The lowest BCUT2D eigenvalue weighted by molar-refractivity contribution is -0.000499. The minimum absolute atomic E-state index is 0.00821. The minimum atomic E-state index is -0.890. The van der Waals surface area contributed by atoms with Crippen LogP contribution in [0, 0.1) is 0 Å². The molecule has 0 saturated carbocycles. The predicted octanol–water partition coefficient (Wildman–Crippen LogP) is 9.43. The van der Waals surface area contributed by atoms with E-state index in [0.717, 1.165) is 18.4 Å². The van der Waals surface area contributed by atoms with Crippen LogP contribution in [-0.4, -0.2) is 38.6 Å². The van der Waals surface area contributed by atoms with E-state index in [4.69, 9.17) is 65.4 Å². The lowest BCUT2D eigenvalue weighted by Gasteiger charge is -2.38. The molecule has 2 atom stereocenters. The van der Waals surface area contributed by atoms with Crippen LogP contribution in [-0.2, 0) is 22.3 Å². The number of ether oxygens (including phenoxy) is 4. The number of rotatable bonds is 13. The summed E-state index contributed by atoms with van der Waals surface area (Å²) in [5.41, 5.74) is 2.98. The Bertz CT molecular complexity index is 1380. The highest BCUT2D eigenvalue weighted by atomic mass is 35.5. The van der Waals surface area contributed by atoms with Gasteiger partial charge in [0.2, 0.25) is 0 Å². The number of methoxy groups -OCH3 is 2. The molecule has 0 aromatic heterocycles. The summed E-state index contributed by atoms with van der Waals surface area (Å²) in [6.07, 6.45) is 0.514. The van der Waals surface area contributed by atoms with Gasteiger partial charge < -0.3 is 23.8 Å². The van der Waals surface area contributed by atoms with Crippen LogP contribution in [0.2, 0.25) is 20.1 Å². The van der Waals surface area contributed by atoms with Gasteiger partial charge in [0.05, 0.1) is 34.3 Å². The normalized spacial score (nSPS) is 12.3. The van der Waals surface area contributed by atoms with E-state index in [-0.39, 0.29) is 42.7 Å². The fraction of sp³-hybridized carbons (Fsp3) is 0.375. The van der Waals surface area contributed by atoms with Gasteiger partial charge in [0.15, 0.2) is 24.0 Å². The molecule has 3 aromatic carbocycles. The molecule has 232 valence electrons. The molecule has 0 aliphatic carbocycles. The molecular weight excluding hydrogens is 636 g/mol. The molecule has 0 fully saturated rings. The van der Waals surface area contributed by atoms with E-state index in [1.54, 1.807) is 4.90 Å². The summed E-state index contributed by atoms with van der Waals surface area (Å²) < 4.78 is 22.9.